The minimum Gasteiger partial charge on any atom is -0.341 e. The van der Waals surface area contributed by atoms with Crippen molar-refractivity contribution in [1.29, 1.82) is 0 Å². The van der Waals surface area contributed by atoms with Gasteiger partial charge in [-0.15, -0.1) is 0 Å². The molecule has 0 unspecified atom stereocenters. The zero-order valence-corrected chi connectivity index (χ0v) is 17.6. The van der Waals surface area contributed by atoms with Crippen LogP contribution < -0.4 is 5.73 Å². The first-order valence-electron chi connectivity index (χ1n) is 10.1. The molecule has 1 aromatic heterocycles. The molecule has 0 spiro atoms. The SMILES string of the molecule is CS(=O)(=O)c1ccc(-c2noc([C@@H](CC3CC3)[C@H](N)C(=O)N3CCCC3)n2)c(F)c1. The van der Waals surface area contributed by atoms with E-state index in [1.54, 1.807) is 4.90 Å². The Morgan fingerprint density at radius 3 is 2.63 bits per heavy atom. The van der Waals surface area contributed by atoms with Crippen LogP contribution >= 0.6 is 0 Å². The number of nitrogens with two attached hydrogens (primary N) is 1. The Hall–Kier alpha value is -2.33. The van der Waals surface area contributed by atoms with E-state index in [-0.39, 0.29) is 28.1 Å². The first kappa shape index (κ1) is 20.9. The first-order chi connectivity index (χ1) is 14.2. The molecular weight excluding hydrogens is 411 g/mol. The summed E-state index contributed by atoms with van der Waals surface area (Å²) in [6.45, 7) is 1.41. The van der Waals surface area contributed by atoms with Crippen molar-refractivity contribution < 1.29 is 22.1 Å². The number of nitrogens with zero attached hydrogens (tertiary/aromatic N) is 3. The van der Waals surface area contributed by atoms with Gasteiger partial charge in [0.25, 0.3) is 0 Å². The molecule has 1 saturated heterocycles. The number of hydrogen-bond acceptors (Lipinski definition) is 7. The second-order valence-electron chi connectivity index (χ2n) is 8.21. The number of sulfone groups is 1. The highest BCUT2D eigenvalue weighted by atomic mass is 32.2. The van der Waals surface area contributed by atoms with Crippen LogP contribution in [0.5, 0.6) is 0 Å². The molecule has 2 N–H and O–H groups in total. The van der Waals surface area contributed by atoms with Crippen LogP contribution in [0, 0.1) is 11.7 Å². The Morgan fingerprint density at radius 1 is 1.33 bits per heavy atom. The molecule has 8 nitrogen and oxygen atoms in total. The average molecular weight is 437 g/mol. The minimum atomic E-state index is -3.53. The second-order valence-corrected chi connectivity index (χ2v) is 10.2. The lowest BCUT2D eigenvalue weighted by atomic mass is 9.93. The summed E-state index contributed by atoms with van der Waals surface area (Å²) in [6, 6.07) is 2.75. The standard InChI is InChI=1S/C20H25FN4O4S/c1-30(27,28)13-6-7-14(16(21)11-13)18-23-19(29-24-18)15(10-12-4-5-12)17(22)20(26)25-8-2-3-9-25/h6-7,11-12,15,17H,2-5,8-10,22H2,1H3/t15-,17-/m0/s1. The molecule has 162 valence electrons. The van der Waals surface area contributed by atoms with Crippen molar-refractivity contribution in [2.45, 2.75) is 49.0 Å². The highest BCUT2D eigenvalue weighted by Crippen LogP contribution is 2.40. The number of halogens is 1. The average Bonchev–Trinajstić information content (AvgIpc) is 3.17. The lowest BCUT2D eigenvalue weighted by molar-refractivity contribution is -0.132. The number of rotatable bonds is 7. The van der Waals surface area contributed by atoms with Gasteiger partial charge in [-0.3, -0.25) is 4.79 Å². The lowest BCUT2D eigenvalue weighted by Gasteiger charge is -2.25. The maximum Gasteiger partial charge on any atom is 0.240 e. The fourth-order valence-electron chi connectivity index (χ4n) is 3.84. The van der Waals surface area contributed by atoms with Crippen molar-refractivity contribution in [3.8, 4) is 11.4 Å². The summed E-state index contributed by atoms with van der Waals surface area (Å²) < 4.78 is 43.1. The summed E-state index contributed by atoms with van der Waals surface area (Å²) in [5, 5.41) is 3.87. The molecule has 1 aliphatic heterocycles. The Bertz CT molecular complexity index is 1040. The molecule has 10 heteroatoms. The highest BCUT2D eigenvalue weighted by molar-refractivity contribution is 7.90. The molecule has 2 aliphatic rings. The number of aromatic nitrogens is 2. The fraction of sp³-hybridized carbons (Fsp3) is 0.550. The van der Waals surface area contributed by atoms with Crippen molar-refractivity contribution >= 4 is 15.7 Å². The molecule has 1 aromatic carbocycles. The van der Waals surface area contributed by atoms with Gasteiger partial charge in [0.2, 0.25) is 17.6 Å². The number of likely N-dealkylation sites (tertiary alicyclic amines) is 1. The van der Waals surface area contributed by atoms with E-state index in [1.165, 1.54) is 12.1 Å². The van der Waals surface area contributed by atoms with E-state index < -0.39 is 27.6 Å². The minimum absolute atomic E-state index is 0.00386. The van der Waals surface area contributed by atoms with Crippen LogP contribution in [0.1, 0.15) is 43.9 Å². The molecule has 1 amide bonds. The van der Waals surface area contributed by atoms with Gasteiger partial charge in [0.15, 0.2) is 9.84 Å². The van der Waals surface area contributed by atoms with Gasteiger partial charge in [0.05, 0.1) is 22.4 Å². The van der Waals surface area contributed by atoms with Gasteiger partial charge < -0.3 is 15.2 Å². The summed E-state index contributed by atoms with van der Waals surface area (Å²) in [5.41, 5.74) is 6.36. The molecule has 2 atom stereocenters. The summed E-state index contributed by atoms with van der Waals surface area (Å²) in [7, 11) is -3.53. The summed E-state index contributed by atoms with van der Waals surface area (Å²) >= 11 is 0. The van der Waals surface area contributed by atoms with Gasteiger partial charge in [0, 0.05) is 19.3 Å². The van der Waals surface area contributed by atoms with Crippen LogP contribution in [0.2, 0.25) is 0 Å². The van der Waals surface area contributed by atoms with Crippen LogP contribution in [0.25, 0.3) is 11.4 Å². The van der Waals surface area contributed by atoms with Crippen LogP contribution in [-0.4, -0.2) is 54.8 Å². The van der Waals surface area contributed by atoms with E-state index in [0.717, 1.165) is 38.0 Å². The second kappa shape index (κ2) is 8.07. The summed E-state index contributed by atoms with van der Waals surface area (Å²) in [5.74, 6) is -0.644. The number of hydrogen-bond donors (Lipinski definition) is 1. The largest absolute Gasteiger partial charge is 0.341 e. The van der Waals surface area contributed by atoms with Crippen LogP contribution in [0.3, 0.4) is 0 Å². The summed E-state index contributed by atoms with van der Waals surface area (Å²) in [6.07, 6.45) is 5.76. The van der Waals surface area contributed by atoms with Gasteiger partial charge in [0.1, 0.15) is 5.82 Å². The molecule has 2 fully saturated rings. The maximum absolute atomic E-state index is 14.5. The van der Waals surface area contributed by atoms with Crippen LogP contribution in [0.4, 0.5) is 4.39 Å². The van der Waals surface area contributed by atoms with E-state index in [9.17, 15) is 17.6 Å². The molecule has 1 aliphatic carbocycles. The van der Waals surface area contributed by atoms with Crippen LogP contribution in [-0.2, 0) is 14.6 Å². The van der Waals surface area contributed by atoms with E-state index in [1.807, 2.05) is 0 Å². The molecule has 0 radical (unpaired) electrons. The third-order valence-corrected chi connectivity index (χ3v) is 6.90. The number of benzene rings is 1. The predicted molar refractivity (Wildman–Crippen MR) is 107 cm³/mol. The van der Waals surface area contributed by atoms with Crippen molar-refractivity contribution in [2.24, 2.45) is 11.7 Å². The lowest BCUT2D eigenvalue weighted by Crippen LogP contribution is -2.46. The molecular formula is C20H25FN4O4S. The third kappa shape index (κ3) is 4.39. The fourth-order valence-corrected chi connectivity index (χ4v) is 4.47. The Kier molecular flexibility index (Phi) is 5.63. The van der Waals surface area contributed by atoms with Crippen molar-refractivity contribution in [3.63, 3.8) is 0 Å². The topological polar surface area (TPSA) is 119 Å². The van der Waals surface area contributed by atoms with Crippen molar-refractivity contribution in [1.82, 2.24) is 15.0 Å². The quantitative estimate of drug-likeness (QED) is 0.706. The first-order valence-corrected chi connectivity index (χ1v) is 12.0. The normalized spacial score (nSPS) is 19.1. The van der Waals surface area contributed by atoms with E-state index in [4.69, 9.17) is 10.3 Å². The monoisotopic (exact) mass is 436 g/mol. The Labute approximate surface area is 174 Å². The van der Waals surface area contributed by atoms with Gasteiger partial charge in [-0.2, -0.15) is 4.98 Å². The zero-order valence-electron chi connectivity index (χ0n) is 16.8. The third-order valence-electron chi connectivity index (χ3n) is 5.79. The number of amides is 1. The molecule has 30 heavy (non-hydrogen) atoms. The van der Waals surface area contributed by atoms with Gasteiger partial charge in [-0.25, -0.2) is 12.8 Å². The predicted octanol–water partition coefficient (Wildman–Crippen LogP) is 2.11. The molecule has 2 aromatic rings. The van der Waals surface area contributed by atoms with Gasteiger partial charge in [-0.05, 0) is 43.4 Å². The van der Waals surface area contributed by atoms with E-state index in [0.29, 0.717) is 25.4 Å². The van der Waals surface area contributed by atoms with Crippen molar-refractivity contribution in [2.75, 3.05) is 19.3 Å². The molecule has 2 heterocycles. The molecule has 4 rings (SSSR count). The number of carbonyl (C=O) groups excluding carboxylic acids is 1. The highest BCUT2D eigenvalue weighted by Gasteiger charge is 2.38. The number of carbonyl (C=O) groups is 1. The Balaban J connectivity index is 1.60. The molecule has 1 saturated carbocycles. The van der Waals surface area contributed by atoms with E-state index >= 15 is 0 Å². The molecule has 0 bridgehead atoms. The van der Waals surface area contributed by atoms with Gasteiger partial charge >= 0.3 is 0 Å². The van der Waals surface area contributed by atoms with Gasteiger partial charge in [-0.1, -0.05) is 18.0 Å². The maximum atomic E-state index is 14.5. The van der Waals surface area contributed by atoms with E-state index in [2.05, 4.69) is 10.1 Å². The summed E-state index contributed by atoms with van der Waals surface area (Å²) in [4.78, 5) is 18.8. The Morgan fingerprint density at radius 2 is 2.03 bits per heavy atom. The van der Waals surface area contributed by atoms with Crippen LogP contribution in [0.15, 0.2) is 27.6 Å². The zero-order chi connectivity index (χ0) is 21.5. The van der Waals surface area contributed by atoms with Crippen molar-refractivity contribution in [3.05, 3.63) is 29.9 Å². The smallest absolute Gasteiger partial charge is 0.240 e.